The normalized spacial score (nSPS) is 16.7. The molecule has 1 aliphatic carbocycles. The fourth-order valence-electron chi connectivity index (χ4n) is 1.59. The minimum atomic E-state index is -0.357. The maximum Gasteiger partial charge on any atom is 0.232 e. The number of ether oxygens (including phenoxy) is 2. The molecule has 0 N–H and O–H groups in total. The summed E-state index contributed by atoms with van der Waals surface area (Å²) in [4.78, 5) is 24.1. The third-order valence-corrected chi connectivity index (χ3v) is 2.55. The number of methoxy groups -OCH3 is 2. The molecule has 0 aromatic rings. The van der Waals surface area contributed by atoms with Crippen molar-refractivity contribution >= 4 is 11.6 Å². The van der Waals surface area contributed by atoms with Crippen LogP contribution >= 0.6 is 0 Å². The zero-order valence-electron chi connectivity index (χ0n) is 11.0. The Hall–Kier alpha value is -2.10. The van der Waals surface area contributed by atoms with Crippen LogP contribution in [0.25, 0.3) is 0 Å². The predicted molar refractivity (Wildman–Crippen MR) is 67.7 cm³/mol. The smallest absolute Gasteiger partial charge is 0.232 e. The Morgan fingerprint density at radius 1 is 1.11 bits per heavy atom. The van der Waals surface area contributed by atoms with Gasteiger partial charge in [-0.2, -0.15) is 0 Å². The van der Waals surface area contributed by atoms with E-state index in [1.165, 1.54) is 14.2 Å². The van der Waals surface area contributed by atoms with Crippen molar-refractivity contribution in [1.82, 2.24) is 0 Å². The number of Topliss-reactive ketones (excluding diaryl/α,β-unsaturated/α-hetero) is 2. The van der Waals surface area contributed by atoms with Crippen LogP contribution in [0.1, 0.15) is 13.8 Å². The Balaban J connectivity index is 3.31. The lowest BCUT2D eigenvalue weighted by Gasteiger charge is -2.18. The molecule has 4 heteroatoms. The largest absolute Gasteiger partial charge is 0.489 e. The van der Waals surface area contributed by atoms with E-state index in [0.717, 1.165) is 5.57 Å². The minimum absolute atomic E-state index is 0.0486. The predicted octanol–water partition coefficient (Wildman–Crippen LogP) is 2.09. The average Bonchev–Trinajstić information content (AvgIpc) is 2.32. The van der Waals surface area contributed by atoms with Gasteiger partial charge >= 0.3 is 0 Å². The molecule has 0 saturated heterocycles. The Labute approximate surface area is 106 Å². The quantitative estimate of drug-likeness (QED) is 0.564. The molecule has 0 spiro atoms. The molecule has 96 valence electrons. The second kappa shape index (κ2) is 5.49. The highest BCUT2D eigenvalue weighted by Gasteiger charge is 2.33. The van der Waals surface area contributed by atoms with Gasteiger partial charge in [0.15, 0.2) is 0 Å². The molecule has 4 nitrogen and oxygen atoms in total. The number of ketones is 2. The van der Waals surface area contributed by atoms with Crippen LogP contribution in [0.5, 0.6) is 0 Å². The van der Waals surface area contributed by atoms with Gasteiger partial charge < -0.3 is 9.47 Å². The number of allylic oxidation sites excluding steroid dienone is 5. The highest BCUT2D eigenvalue weighted by atomic mass is 16.5. The maximum atomic E-state index is 12.1. The van der Waals surface area contributed by atoms with Gasteiger partial charge in [-0.3, -0.25) is 9.59 Å². The van der Waals surface area contributed by atoms with Gasteiger partial charge in [0.25, 0.3) is 0 Å². The van der Waals surface area contributed by atoms with Gasteiger partial charge in [0.2, 0.25) is 23.1 Å². The highest BCUT2D eigenvalue weighted by Crippen LogP contribution is 2.26. The second-order valence-corrected chi connectivity index (χ2v) is 3.94. The Morgan fingerprint density at radius 3 is 2.06 bits per heavy atom. The van der Waals surface area contributed by atoms with Gasteiger partial charge in [-0.25, -0.2) is 0 Å². The van der Waals surface area contributed by atoms with E-state index in [0.29, 0.717) is 11.1 Å². The van der Waals surface area contributed by atoms with Crippen LogP contribution in [-0.4, -0.2) is 25.8 Å². The Bertz CT molecular complexity index is 504. The molecule has 0 bridgehead atoms. The van der Waals surface area contributed by atoms with Crippen LogP contribution < -0.4 is 0 Å². The molecule has 0 aromatic heterocycles. The van der Waals surface area contributed by atoms with Crippen molar-refractivity contribution < 1.29 is 19.1 Å². The van der Waals surface area contributed by atoms with Crippen LogP contribution in [0, 0.1) is 0 Å². The zero-order chi connectivity index (χ0) is 13.9. The summed E-state index contributed by atoms with van der Waals surface area (Å²) in [5, 5.41) is 0. The molecule has 0 aromatic carbocycles. The van der Waals surface area contributed by atoms with E-state index in [4.69, 9.17) is 9.47 Å². The van der Waals surface area contributed by atoms with Gasteiger partial charge in [0.05, 0.1) is 14.2 Å². The standard InChI is InChI=1S/C14H16O4/c1-8(2)6-7-10-9(3)11(15)13(17-4)14(18-5)12(10)16/h6-7H,1H2,2-5H3. The van der Waals surface area contributed by atoms with E-state index in [2.05, 4.69) is 6.58 Å². The molecule has 1 rings (SSSR count). The van der Waals surface area contributed by atoms with E-state index < -0.39 is 0 Å². The van der Waals surface area contributed by atoms with Crippen molar-refractivity contribution in [2.45, 2.75) is 13.8 Å². The molecule has 0 unspecified atom stereocenters. The lowest BCUT2D eigenvalue weighted by molar-refractivity contribution is -0.120. The summed E-state index contributed by atoms with van der Waals surface area (Å²) >= 11 is 0. The fraction of sp³-hybridized carbons (Fsp3) is 0.286. The van der Waals surface area contributed by atoms with E-state index in [-0.39, 0.29) is 23.1 Å². The van der Waals surface area contributed by atoms with Crippen LogP contribution in [-0.2, 0) is 19.1 Å². The van der Waals surface area contributed by atoms with Gasteiger partial charge in [0, 0.05) is 11.1 Å². The number of rotatable bonds is 4. The molecule has 1 aliphatic rings. The number of hydrogen-bond donors (Lipinski definition) is 0. The minimum Gasteiger partial charge on any atom is -0.489 e. The van der Waals surface area contributed by atoms with Crippen molar-refractivity contribution in [3.63, 3.8) is 0 Å². The Morgan fingerprint density at radius 2 is 1.61 bits per heavy atom. The van der Waals surface area contributed by atoms with Crippen LogP contribution in [0.4, 0.5) is 0 Å². The molecule has 0 radical (unpaired) electrons. The molecule has 18 heavy (non-hydrogen) atoms. The van der Waals surface area contributed by atoms with Gasteiger partial charge in [-0.1, -0.05) is 24.3 Å². The van der Waals surface area contributed by atoms with Crippen LogP contribution in [0.15, 0.2) is 47.0 Å². The zero-order valence-corrected chi connectivity index (χ0v) is 11.0. The van der Waals surface area contributed by atoms with Crippen molar-refractivity contribution in [3.8, 4) is 0 Å². The van der Waals surface area contributed by atoms with Crippen molar-refractivity contribution in [1.29, 1.82) is 0 Å². The number of carbonyl (C=O) groups excluding carboxylic acids is 2. The summed E-state index contributed by atoms with van der Waals surface area (Å²) in [7, 11) is 2.67. The van der Waals surface area contributed by atoms with Crippen molar-refractivity contribution in [3.05, 3.63) is 47.0 Å². The Kier molecular flexibility index (Phi) is 4.26. The summed E-state index contributed by atoms with van der Waals surface area (Å²) in [6.45, 7) is 7.09. The molecule has 0 fully saturated rings. The van der Waals surface area contributed by atoms with E-state index in [1.807, 2.05) is 0 Å². The third kappa shape index (κ3) is 2.42. The fourth-order valence-corrected chi connectivity index (χ4v) is 1.59. The SMILES string of the molecule is C=C(C)C=CC1=C(C)C(=O)C(OC)=C(OC)C1=O. The number of carbonyl (C=O) groups is 2. The van der Waals surface area contributed by atoms with E-state index in [1.54, 1.807) is 26.0 Å². The molecule has 0 atom stereocenters. The monoisotopic (exact) mass is 248 g/mol. The summed E-state index contributed by atoms with van der Waals surface area (Å²) in [5.41, 5.74) is 1.44. The lowest BCUT2D eigenvalue weighted by Crippen LogP contribution is -2.24. The van der Waals surface area contributed by atoms with Gasteiger partial charge in [-0.15, -0.1) is 0 Å². The highest BCUT2D eigenvalue weighted by molar-refractivity contribution is 6.24. The van der Waals surface area contributed by atoms with Gasteiger partial charge in [0.1, 0.15) is 0 Å². The first kappa shape index (κ1) is 14.0. The molecule has 0 heterocycles. The third-order valence-electron chi connectivity index (χ3n) is 2.55. The molecular formula is C14H16O4. The first-order valence-electron chi connectivity index (χ1n) is 5.40. The second-order valence-electron chi connectivity index (χ2n) is 3.94. The van der Waals surface area contributed by atoms with E-state index >= 15 is 0 Å². The molecule has 0 amide bonds. The number of hydrogen-bond acceptors (Lipinski definition) is 4. The first-order chi connectivity index (χ1) is 8.43. The van der Waals surface area contributed by atoms with Crippen LogP contribution in [0.3, 0.4) is 0 Å². The molecule has 0 saturated carbocycles. The van der Waals surface area contributed by atoms with Crippen LogP contribution in [0.2, 0.25) is 0 Å². The summed E-state index contributed by atoms with van der Waals surface area (Å²) in [5.74, 6) is -0.804. The topological polar surface area (TPSA) is 52.6 Å². The summed E-state index contributed by atoms with van der Waals surface area (Å²) < 4.78 is 9.89. The summed E-state index contributed by atoms with van der Waals surface area (Å²) in [6.07, 6.45) is 3.25. The van der Waals surface area contributed by atoms with Crippen molar-refractivity contribution in [2.75, 3.05) is 14.2 Å². The summed E-state index contributed by atoms with van der Waals surface area (Å²) in [6, 6.07) is 0. The lowest BCUT2D eigenvalue weighted by atomic mass is 9.92. The average molecular weight is 248 g/mol. The molecular weight excluding hydrogens is 232 g/mol. The van der Waals surface area contributed by atoms with E-state index in [9.17, 15) is 9.59 Å². The first-order valence-corrected chi connectivity index (χ1v) is 5.40. The van der Waals surface area contributed by atoms with Crippen molar-refractivity contribution in [2.24, 2.45) is 0 Å². The maximum absolute atomic E-state index is 12.1. The molecule has 0 aliphatic heterocycles. The van der Waals surface area contributed by atoms with Gasteiger partial charge in [-0.05, 0) is 13.8 Å².